The van der Waals surface area contributed by atoms with Crippen LogP contribution in [0.15, 0.2) is 22.7 Å². The molecule has 0 saturated carbocycles. The summed E-state index contributed by atoms with van der Waals surface area (Å²) in [5, 5.41) is 11.5. The largest absolute Gasteiger partial charge is 0.483 e. The smallest absolute Gasteiger partial charge is 0.326 e. The average molecular weight is 358 g/mol. The fourth-order valence-electron chi connectivity index (χ4n) is 1.80. The van der Waals surface area contributed by atoms with Gasteiger partial charge in [-0.2, -0.15) is 0 Å². The van der Waals surface area contributed by atoms with Gasteiger partial charge in [0.05, 0.1) is 4.47 Å². The third-order valence-corrected chi connectivity index (χ3v) is 3.41. The zero-order valence-corrected chi connectivity index (χ0v) is 13.9. The molecule has 2 N–H and O–H groups in total. The fourth-order valence-corrected chi connectivity index (χ4v) is 2.40. The Balaban J connectivity index is 2.54. The van der Waals surface area contributed by atoms with Gasteiger partial charge in [0, 0.05) is 0 Å². The van der Waals surface area contributed by atoms with Crippen LogP contribution in [0.3, 0.4) is 0 Å². The molecule has 0 spiro atoms. The Labute approximate surface area is 132 Å². The standard InChI is InChI=1S/C15H20BrNO4/c1-9(2)6-12(15(19)20)17-14(18)8-21-13-5-4-10(3)7-11(13)16/h4-5,7,9,12H,6,8H2,1-3H3,(H,17,18)(H,19,20)/t12-/m1/s1. The maximum absolute atomic E-state index is 11.8. The molecule has 5 nitrogen and oxygen atoms in total. The normalized spacial score (nSPS) is 12.0. The highest BCUT2D eigenvalue weighted by Gasteiger charge is 2.21. The summed E-state index contributed by atoms with van der Waals surface area (Å²) in [7, 11) is 0. The lowest BCUT2D eigenvalue weighted by Crippen LogP contribution is -2.43. The molecule has 21 heavy (non-hydrogen) atoms. The van der Waals surface area contributed by atoms with Crippen LogP contribution in [0.2, 0.25) is 0 Å². The van der Waals surface area contributed by atoms with E-state index in [1.807, 2.05) is 32.9 Å². The second kappa shape index (κ2) is 8.02. The van der Waals surface area contributed by atoms with Crippen molar-refractivity contribution in [3.8, 4) is 5.75 Å². The number of carbonyl (C=O) groups is 2. The van der Waals surface area contributed by atoms with Crippen LogP contribution in [0.5, 0.6) is 5.75 Å². The zero-order valence-electron chi connectivity index (χ0n) is 12.4. The van der Waals surface area contributed by atoms with E-state index in [0.717, 1.165) is 10.0 Å². The maximum atomic E-state index is 11.8. The summed E-state index contributed by atoms with van der Waals surface area (Å²) in [5.41, 5.74) is 1.07. The number of aryl methyl sites for hydroxylation is 1. The molecule has 0 radical (unpaired) electrons. The summed E-state index contributed by atoms with van der Waals surface area (Å²) in [4.78, 5) is 22.8. The van der Waals surface area contributed by atoms with Gasteiger partial charge in [-0.15, -0.1) is 0 Å². The minimum atomic E-state index is -1.03. The molecular formula is C15H20BrNO4. The van der Waals surface area contributed by atoms with Crippen molar-refractivity contribution >= 4 is 27.8 Å². The van der Waals surface area contributed by atoms with Gasteiger partial charge >= 0.3 is 5.97 Å². The molecular weight excluding hydrogens is 338 g/mol. The lowest BCUT2D eigenvalue weighted by Gasteiger charge is -2.16. The third kappa shape index (κ3) is 6.16. The van der Waals surface area contributed by atoms with Gasteiger partial charge in [0.2, 0.25) is 0 Å². The van der Waals surface area contributed by atoms with E-state index in [9.17, 15) is 9.59 Å². The van der Waals surface area contributed by atoms with Gasteiger partial charge < -0.3 is 15.2 Å². The first-order valence-corrected chi connectivity index (χ1v) is 7.50. The van der Waals surface area contributed by atoms with Crippen LogP contribution in [-0.2, 0) is 9.59 Å². The SMILES string of the molecule is Cc1ccc(OCC(=O)N[C@H](CC(C)C)C(=O)O)c(Br)c1. The van der Waals surface area contributed by atoms with Crippen LogP contribution >= 0.6 is 15.9 Å². The molecule has 6 heteroatoms. The van der Waals surface area contributed by atoms with Crippen LogP contribution in [-0.4, -0.2) is 29.6 Å². The van der Waals surface area contributed by atoms with Crippen molar-refractivity contribution < 1.29 is 19.4 Å². The Bertz CT molecular complexity index is 516. The van der Waals surface area contributed by atoms with E-state index >= 15 is 0 Å². The highest BCUT2D eigenvalue weighted by Crippen LogP contribution is 2.25. The number of nitrogens with one attached hydrogen (secondary N) is 1. The molecule has 0 aliphatic heterocycles. The predicted molar refractivity (Wildman–Crippen MR) is 83.4 cm³/mol. The number of benzene rings is 1. The zero-order chi connectivity index (χ0) is 16.0. The van der Waals surface area contributed by atoms with Crippen molar-refractivity contribution in [2.45, 2.75) is 33.2 Å². The number of hydrogen-bond acceptors (Lipinski definition) is 3. The molecule has 0 aromatic heterocycles. The summed E-state index contributed by atoms with van der Waals surface area (Å²) >= 11 is 3.35. The summed E-state index contributed by atoms with van der Waals surface area (Å²) in [6.07, 6.45) is 0.384. The summed E-state index contributed by atoms with van der Waals surface area (Å²) in [6, 6.07) is 4.63. The molecule has 0 aliphatic carbocycles. The number of carboxylic acid groups (broad SMARTS) is 1. The number of halogens is 1. The van der Waals surface area contributed by atoms with E-state index in [-0.39, 0.29) is 12.5 Å². The van der Waals surface area contributed by atoms with Crippen LogP contribution < -0.4 is 10.1 Å². The Hall–Kier alpha value is -1.56. The van der Waals surface area contributed by atoms with Gasteiger partial charge in [-0.05, 0) is 52.9 Å². The predicted octanol–water partition coefficient (Wildman–Crippen LogP) is 2.75. The fraction of sp³-hybridized carbons (Fsp3) is 0.467. The van der Waals surface area contributed by atoms with Crippen molar-refractivity contribution in [2.24, 2.45) is 5.92 Å². The Morgan fingerprint density at radius 2 is 2.05 bits per heavy atom. The molecule has 1 rings (SSSR count). The van der Waals surface area contributed by atoms with Crippen molar-refractivity contribution in [3.05, 3.63) is 28.2 Å². The van der Waals surface area contributed by atoms with Crippen molar-refractivity contribution in [2.75, 3.05) is 6.61 Å². The number of hydrogen-bond donors (Lipinski definition) is 2. The first-order chi connectivity index (χ1) is 9.79. The van der Waals surface area contributed by atoms with Crippen molar-refractivity contribution in [3.63, 3.8) is 0 Å². The second-order valence-corrected chi connectivity index (χ2v) is 6.16. The van der Waals surface area contributed by atoms with Gasteiger partial charge in [-0.3, -0.25) is 4.79 Å². The van der Waals surface area contributed by atoms with Crippen LogP contribution in [0, 0.1) is 12.8 Å². The van der Waals surface area contributed by atoms with E-state index in [2.05, 4.69) is 21.2 Å². The van der Waals surface area contributed by atoms with Crippen molar-refractivity contribution in [1.29, 1.82) is 0 Å². The molecule has 1 atom stereocenters. The Kier molecular flexibility index (Phi) is 6.68. The summed E-state index contributed by atoms with van der Waals surface area (Å²) in [5.74, 6) is -0.755. The van der Waals surface area contributed by atoms with Gasteiger partial charge in [-0.25, -0.2) is 4.79 Å². The van der Waals surface area contributed by atoms with Crippen molar-refractivity contribution in [1.82, 2.24) is 5.32 Å². The van der Waals surface area contributed by atoms with Crippen LogP contribution in [0.25, 0.3) is 0 Å². The van der Waals surface area contributed by atoms with E-state index in [1.54, 1.807) is 6.07 Å². The second-order valence-electron chi connectivity index (χ2n) is 5.31. The summed E-state index contributed by atoms with van der Waals surface area (Å²) in [6.45, 7) is 5.54. The maximum Gasteiger partial charge on any atom is 0.326 e. The molecule has 0 unspecified atom stereocenters. The molecule has 0 aliphatic rings. The van der Waals surface area contributed by atoms with E-state index in [4.69, 9.17) is 9.84 Å². The number of ether oxygens (including phenoxy) is 1. The van der Waals surface area contributed by atoms with E-state index in [0.29, 0.717) is 12.2 Å². The molecule has 1 amide bonds. The highest BCUT2D eigenvalue weighted by atomic mass is 79.9. The third-order valence-electron chi connectivity index (χ3n) is 2.79. The number of amides is 1. The minimum absolute atomic E-state index is 0.179. The van der Waals surface area contributed by atoms with Gasteiger partial charge in [-0.1, -0.05) is 19.9 Å². The monoisotopic (exact) mass is 357 g/mol. The molecule has 0 bridgehead atoms. The van der Waals surface area contributed by atoms with Gasteiger partial charge in [0.15, 0.2) is 6.61 Å². The first kappa shape index (κ1) is 17.5. The molecule has 1 aromatic rings. The topological polar surface area (TPSA) is 75.6 Å². The molecule has 0 fully saturated rings. The summed E-state index contributed by atoms with van der Waals surface area (Å²) < 4.78 is 6.14. The molecule has 0 saturated heterocycles. The minimum Gasteiger partial charge on any atom is -0.483 e. The average Bonchev–Trinajstić information content (AvgIpc) is 2.36. The molecule has 116 valence electrons. The number of aliphatic carboxylic acids is 1. The number of rotatable bonds is 7. The van der Waals surface area contributed by atoms with Crippen LogP contribution in [0.4, 0.5) is 0 Å². The number of carboxylic acids is 1. The Morgan fingerprint density at radius 1 is 1.38 bits per heavy atom. The number of carbonyl (C=O) groups excluding carboxylic acids is 1. The Morgan fingerprint density at radius 3 is 2.57 bits per heavy atom. The van der Waals surface area contributed by atoms with Gasteiger partial charge in [0.1, 0.15) is 11.8 Å². The van der Waals surface area contributed by atoms with E-state index in [1.165, 1.54) is 0 Å². The highest BCUT2D eigenvalue weighted by molar-refractivity contribution is 9.10. The lowest BCUT2D eigenvalue weighted by atomic mass is 10.0. The molecule has 1 aromatic carbocycles. The molecule has 0 heterocycles. The lowest BCUT2D eigenvalue weighted by molar-refractivity contribution is -0.142. The first-order valence-electron chi connectivity index (χ1n) is 6.70. The van der Waals surface area contributed by atoms with Crippen LogP contribution in [0.1, 0.15) is 25.8 Å². The quantitative estimate of drug-likeness (QED) is 0.786. The van der Waals surface area contributed by atoms with Gasteiger partial charge in [0.25, 0.3) is 5.91 Å². The van der Waals surface area contributed by atoms with E-state index < -0.39 is 17.9 Å².